The van der Waals surface area contributed by atoms with Gasteiger partial charge in [0.2, 0.25) is 0 Å². The molecule has 3 aromatic rings. The summed E-state index contributed by atoms with van der Waals surface area (Å²) in [4.78, 5) is 9.67. The molecule has 1 aliphatic rings. The molecule has 2 aromatic carbocycles. The van der Waals surface area contributed by atoms with Crippen molar-refractivity contribution in [3.05, 3.63) is 72.3 Å². The Morgan fingerprint density at radius 3 is 2.61 bits per heavy atom. The summed E-state index contributed by atoms with van der Waals surface area (Å²) in [6.45, 7) is 11.8. The summed E-state index contributed by atoms with van der Waals surface area (Å²) in [5, 5.41) is 14.4. The van der Waals surface area contributed by atoms with E-state index in [0.717, 1.165) is 50.3 Å². The lowest BCUT2D eigenvalue weighted by molar-refractivity contribution is 0.173. The Kier molecular flexibility index (Phi) is 6.62. The molecule has 31 heavy (non-hydrogen) atoms. The zero-order valence-corrected chi connectivity index (χ0v) is 18.5. The van der Waals surface area contributed by atoms with Crippen LogP contribution in [0, 0.1) is 6.92 Å². The van der Waals surface area contributed by atoms with Gasteiger partial charge in [-0.3, -0.25) is 4.90 Å². The molecule has 162 valence electrons. The second kappa shape index (κ2) is 9.75. The predicted molar refractivity (Wildman–Crippen MR) is 126 cm³/mol. The number of benzene rings is 2. The van der Waals surface area contributed by atoms with Crippen LogP contribution in [0.25, 0.3) is 10.8 Å². The average Bonchev–Trinajstić information content (AvgIpc) is 3.12. The van der Waals surface area contributed by atoms with Gasteiger partial charge in [0.05, 0.1) is 0 Å². The lowest BCUT2D eigenvalue weighted by atomic mass is 10.0. The first-order chi connectivity index (χ1) is 15.2. The van der Waals surface area contributed by atoms with Gasteiger partial charge in [0.25, 0.3) is 0 Å². The van der Waals surface area contributed by atoms with Gasteiger partial charge in [-0.2, -0.15) is 0 Å². The Labute approximate surface area is 184 Å². The fraction of sp³-hybridized carbons (Fsp3) is 0.375. The van der Waals surface area contributed by atoms with E-state index in [2.05, 4.69) is 74.4 Å². The zero-order chi connectivity index (χ0) is 21.6. The molecule has 7 heteroatoms. The molecule has 1 fully saturated rings. The quantitative estimate of drug-likeness (QED) is 0.380. The third-order valence-electron chi connectivity index (χ3n) is 5.90. The molecule has 0 radical (unpaired) electrons. The van der Waals surface area contributed by atoms with Crippen LogP contribution in [-0.2, 0) is 20.1 Å². The summed E-state index contributed by atoms with van der Waals surface area (Å²) < 4.78 is 1.98. The molecule has 0 unspecified atom stereocenters. The normalized spacial score (nSPS) is 15.4. The standard InChI is InChI=1S/C24H31N7/c1-4-12-25-24(26-17-23-28-27-19(2)29(23)3)31-15-13-30(14-16-31)18-21-10-7-9-20-8-5-6-11-22(20)21/h4-11H,1,12-18H2,2-3H3,(H,25,26). The number of guanidine groups is 1. The summed E-state index contributed by atoms with van der Waals surface area (Å²) in [6.07, 6.45) is 1.86. The van der Waals surface area contributed by atoms with Gasteiger partial charge in [-0.1, -0.05) is 48.5 Å². The van der Waals surface area contributed by atoms with Crippen molar-refractivity contribution < 1.29 is 0 Å². The van der Waals surface area contributed by atoms with Gasteiger partial charge in [-0.05, 0) is 23.3 Å². The van der Waals surface area contributed by atoms with Gasteiger partial charge < -0.3 is 14.8 Å². The molecular weight excluding hydrogens is 386 g/mol. The maximum Gasteiger partial charge on any atom is 0.194 e. The zero-order valence-electron chi connectivity index (χ0n) is 18.5. The fourth-order valence-corrected chi connectivity index (χ4v) is 3.95. The van der Waals surface area contributed by atoms with E-state index in [1.54, 1.807) is 0 Å². The number of piperazine rings is 1. The number of rotatable bonds is 6. The first kappa shape index (κ1) is 21.1. The van der Waals surface area contributed by atoms with Crippen LogP contribution in [0.2, 0.25) is 0 Å². The number of nitrogens with zero attached hydrogens (tertiary/aromatic N) is 6. The Morgan fingerprint density at radius 2 is 1.87 bits per heavy atom. The van der Waals surface area contributed by atoms with Gasteiger partial charge in [-0.15, -0.1) is 16.8 Å². The van der Waals surface area contributed by atoms with Crippen LogP contribution in [0.3, 0.4) is 0 Å². The Bertz CT molecular complexity index is 1060. The molecule has 4 rings (SSSR count). The van der Waals surface area contributed by atoms with Crippen LogP contribution in [-0.4, -0.2) is 63.2 Å². The van der Waals surface area contributed by atoms with Crippen molar-refractivity contribution in [3.63, 3.8) is 0 Å². The van der Waals surface area contributed by atoms with Crippen LogP contribution in [0.5, 0.6) is 0 Å². The molecule has 0 saturated carbocycles. The second-order valence-corrected chi connectivity index (χ2v) is 7.93. The number of hydrogen-bond acceptors (Lipinski definition) is 4. The highest BCUT2D eigenvalue weighted by Gasteiger charge is 2.20. The van der Waals surface area contributed by atoms with E-state index >= 15 is 0 Å². The lowest BCUT2D eigenvalue weighted by Gasteiger charge is -2.36. The van der Waals surface area contributed by atoms with E-state index in [1.807, 2.05) is 24.6 Å². The van der Waals surface area contributed by atoms with Gasteiger partial charge in [0, 0.05) is 46.3 Å². The predicted octanol–water partition coefficient (Wildman–Crippen LogP) is 2.73. The molecule has 1 saturated heterocycles. The van der Waals surface area contributed by atoms with Crippen LogP contribution in [0.15, 0.2) is 60.1 Å². The van der Waals surface area contributed by atoms with Crippen molar-refractivity contribution in [2.45, 2.75) is 20.0 Å². The van der Waals surface area contributed by atoms with Crippen LogP contribution in [0.4, 0.5) is 0 Å². The summed E-state index contributed by atoms with van der Waals surface area (Å²) in [7, 11) is 1.98. The molecule has 0 atom stereocenters. The van der Waals surface area contributed by atoms with Crippen molar-refractivity contribution >= 4 is 16.7 Å². The molecule has 2 heterocycles. The molecule has 0 aliphatic carbocycles. The summed E-state index contributed by atoms with van der Waals surface area (Å²) >= 11 is 0. The van der Waals surface area contributed by atoms with Crippen molar-refractivity contribution in [1.29, 1.82) is 0 Å². The SMILES string of the molecule is C=CCNC(=NCc1nnc(C)n1C)N1CCN(Cc2cccc3ccccc23)CC1. The first-order valence-electron chi connectivity index (χ1n) is 10.8. The number of aryl methyl sites for hydroxylation is 1. The summed E-state index contributed by atoms with van der Waals surface area (Å²) in [5.41, 5.74) is 1.39. The number of nitrogens with one attached hydrogen (secondary N) is 1. The first-order valence-corrected chi connectivity index (χ1v) is 10.8. The van der Waals surface area contributed by atoms with Crippen LogP contribution >= 0.6 is 0 Å². The number of aliphatic imine (C=N–C) groups is 1. The van der Waals surface area contributed by atoms with Gasteiger partial charge in [0.1, 0.15) is 12.4 Å². The minimum absolute atomic E-state index is 0.507. The average molecular weight is 418 g/mol. The molecule has 0 bridgehead atoms. The van der Waals surface area contributed by atoms with Gasteiger partial charge >= 0.3 is 0 Å². The van der Waals surface area contributed by atoms with Crippen LogP contribution < -0.4 is 5.32 Å². The third kappa shape index (κ3) is 4.94. The topological polar surface area (TPSA) is 61.6 Å². The number of fused-ring (bicyclic) bond motifs is 1. The van der Waals surface area contributed by atoms with Gasteiger partial charge in [0.15, 0.2) is 11.8 Å². The second-order valence-electron chi connectivity index (χ2n) is 7.93. The highest BCUT2D eigenvalue weighted by Crippen LogP contribution is 2.20. The molecule has 1 aliphatic heterocycles. The highest BCUT2D eigenvalue weighted by atomic mass is 15.4. The maximum atomic E-state index is 4.82. The third-order valence-corrected chi connectivity index (χ3v) is 5.90. The van der Waals surface area contributed by atoms with Crippen molar-refractivity contribution in [1.82, 2.24) is 29.9 Å². The van der Waals surface area contributed by atoms with Crippen molar-refractivity contribution in [3.8, 4) is 0 Å². The highest BCUT2D eigenvalue weighted by molar-refractivity contribution is 5.85. The lowest BCUT2D eigenvalue weighted by Crippen LogP contribution is -2.52. The molecule has 1 aromatic heterocycles. The van der Waals surface area contributed by atoms with E-state index < -0.39 is 0 Å². The van der Waals surface area contributed by atoms with Crippen molar-refractivity contribution in [2.75, 3.05) is 32.7 Å². The Morgan fingerprint density at radius 1 is 1.10 bits per heavy atom. The molecule has 0 spiro atoms. The molecule has 0 amide bonds. The van der Waals surface area contributed by atoms with Crippen molar-refractivity contribution in [2.24, 2.45) is 12.0 Å². The number of hydrogen-bond donors (Lipinski definition) is 1. The van der Waals surface area contributed by atoms with E-state index in [4.69, 9.17) is 4.99 Å². The largest absolute Gasteiger partial charge is 0.353 e. The summed E-state index contributed by atoms with van der Waals surface area (Å²) in [5.74, 6) is 2.67. The molecule has 7 nitrogen and oxygen atoms in total. The van der Waals surface area contributed by atoms with Crippen LogP contribution in [0.1, 0.15) is 17.2 Å². The minimum Gasteiger partial charge on any atom is -0.353 e. The smallest absolute Gasteiger partial charge is 0.194 e. The monoisotopic (exact) mass is 417 g/mol. The Hall–Kier alpha value is -3.19. The molecule has 1 N–H and O–H groups in total. The minimum atomic E-state index is 0.507. The van der Waals surface area contributed by atoms with E-state index in [0.29, 0.717) is 13.1 Å². The fourth-order valence-electron chi connectivity index (χ4n) is 3.95. The maximum absolute atomic E-state index is 4.82. The van der Waals surface area contributed by atoms with E-state index in [-0.39, 0.29) is 0 Å². The van der Waals surface area contributed by atoms with E-state index in [1.165, 1.54) is 16.3 Å². The summed E-state index contributed by atoms with van der Waals surface area (Å²) in [6, 6.07) is 15.2. The Balaban J connectivity index is 1.40. The number of aromatic nitrogens is 3. The van der Waals surface area contributed by atoms with E-state index in [9.17, 15) is 0 Å². The molecular formula is C24H31N7. The van der Waals surface area contributed by atoms with Gasteiger partial charge in [-0.25, -0.2) is 4.99 Å².